The average molecular weight is 331 g/mol. The molecule has 130 valence electrons. The van der Waals surface area contributed by atoms with Crippen LogP contribution in [-0.2, 0) is 19.9 Å². The van der Waals surface area contributed by atoms with Gasteiger partial charge in [-0.25, -0.2) is 0 Å². The SMILES string of the molecule is CCOC(=O)C1(C(=O)N2CCC(O)(c3ccccc3C)CC2)CC1. The Balaban J connectivity index is 1.68. The maximum atomic E-state index is 12.8. The van der Waals surface area contributed by atoms with Crippen molar-refractivity contribution in [2.45, 2.75) is 45.1 Å². The van der Waals surface area contributed by atoms with E-state index in [1.54, 1.807) is 11.8 Å². The molecular weight excluding hydrogens is 306 g/mol. The van der Waals surface area contributed by atoms with Gasteiger partial charge in [0.1, 0.15) is 5.41 Å². The van der Waals surface area contributed by atoms with Gasteiger partial charge in [0.25, 0.3) is 0 Å². The first-order valence-electron chi connectivity index (χ1n) is 8.68. The number of benzene rings is 1. The van der Waals surface area contributed by atoms with Gasteiger partial charge in [-0.05, 0) is 50.7 Å². The topological polar surface area (TPSA) is 66.8 Å². The molecule has 1 aromatic carbocycles. The van der Waals surface area contributed by atoms with Crippen LogP contribution in [0.25, 0.3) is 0 Å². The van der Waals surface area contributed by atoms with Crippen molar-refractivity contribution in [3.63, 3.8) is 0 Å². The number of ether oxygens (including phenoxy) is 1. The lowest BCUT2D eigenvalue weighted by molar-refractivity contribution is -0.159. The van der Waals surface area contributed by atoms with Crippen LogP contribution >= 0.6 is 0 Å². The van der Waals surface area contributed by atoms with Gasteiger partial charge in [-0.2, -0.15) is 0 Å². The van der Waals surface area contributed by atoms with Crippen molar-refractivity contribution in [2.24, 2.45) is 5.41 Å². The van der Waals surface area contributed by atoms with Gasteiger partial charge in [-0.3, -0.25) is 9.59 Å². The lowest BCUT2D eigenvalue weighted by atomic mass is 9.82. The summed E-state index contributed by atoms with van der Waals surface area (Å²) in [5, 5.41) is 11.0. The number of esters is 1. The molecule has 1 N–H and O–H groups in total. The van der Waals surface area contributed by atoms with Crippen molar-refractivity contribution < 1.29 is 19.4 Å². The number of likely N-dealkylation sites (tertiary alicyclic amines) is 1. The zero-order valence-corrected chi connectivity index (χ0v) is 14.4. The molecule has 2 aliphatic rings. The maximum Gasteiger partial charge on any atom is 0.321 e. The zero-order valence-electron chi connectivity index (χ0n) is 14.4. The number of rotatable bonds is 4. The van der Waals surface area contributed by atoms with Crippen molar-refractivity contribution in [1.29, 1.82) is 0 Å². The Bertz CT molecular complexity index is 643. The molecular formula is C19H25NO4. The van der Waals surface area contributed by atoms with E-state index in [9.17, 15) is 14.7 Å². The summed E-state index contributed by atoms with van der Waals surface area (Å²) in [6.07, 6.45) is 2.12. The van der Waals surface area contributed by atoms with E-state index in [1.807, 2.05) is 31.2 Å². The van der Waals surface area contributed by atoms with Crippen LogP contribution in [0.3, 0.4) is 0 Å². The molecule has 1 heterocycles. The van der Waals surface area contributed by atoms with Crippen molar-refractivity contribution in [3.05, 3.63) is 35.4 Å². The lowest BCUT2D eigenvalue weighted by Gasteiger charge is -2.40. The smallest absolute Gasteiger partial charge is 0.321 e. The van der Waals surface area contributed by atoms with Crippen molar-refractivity contribution in [3.8, 4) is 0 Å². The maximum absolute atomic E-state index is 12.8. The van der Waals surface area contributed by atoms with Crippen LogP contribution in [0.1, 0.15) is 43.7 Å². The third kappa shape index (κ3) is 2.81. The second-order valence-corrected chi connectivity index (χ2v) is 6.94. The predicted molar refractivity (Wildman–Crippen MR) is 89.2 cm³/mol. The Morgan fingerprint density at radius 3 is 2.33 bits per heavy atom. The minimum Gasteiger partial charge on any atom is -0.465 e. The van der Waals surface area contributed by atoms with E-state index < -0.39 is 17.0 Å². The number of piperidine rings is 1. The summed E-state index contributed by atoms with van der Waals surface area (Å²) in [4.78, 5) is 26.6. The Labute approximate surface area is 142 Å². The highest BCUT2D eigenvalue weighted by molar-refractivity contribution is 6.05. The van der Waals surface area contributed by atoms with Gasteiger partial charge in [0.15, 0.2) is 0 Å². The second-order valence-electron chi connectivity index (χ2n) is 6.94. The van der Waals surface area contributed by atoms with Crippen LogP contribution in [-0.4, -0.2) is 41.6 Å². The monoisotopic (exact) mass is 331 g/mol. The van der Waals surface area contributed by atoms with Gasteiger partial charge in [0.05, 0.1) is 12.2 Å². The summed E-state index contributed by atoms with van der Waals surface area (Å²) >= 11 is 0. The quantitative estimate of drug-likeness (QED) is 0.678. The molecule has 3 rings (SSSR count). The van der Waals surface area contributed by atoms with Gasteiger partial charge in [0.2, 0.25) is 5.91 Å². The van der Waals surface area contributed by atoms with E-state index in [1.165, 1.54) is 0 Å². The number of aliphatic hydroxyl groups is 1. The minimum atomic E-state index is -0.950. The van der Waals surface area contributed by atoms with Crippen LogP contribution in [0.15, 0.2) is 24.3 Å². The number of amides is 1. The van der Waals surface area contributed by atoms with Crippen LogP contribution in [0.5, 0.6) is 0 Å². The summed E-state index contributed by atoms with van der Waals surface area (Å²) in [6.45, 7) is 4.96. The predicted octanol–water partition coefficient (Wildman–Crippen LogP) is 2.15. The van der Waals surface area contributed by atoms with Crippen LogP contribution in [0.2, 0.25) is 0 Å². The second kappa shape index (κ2) is 6.20. The fourth-order valence-electron chi connectivity index (χ4n) is 3.65. The van der Waals surface area contributed by atoms with Crippen molar-refractivity contribution in [1.82, 2.24) is 4.90 Å². The van der Waals surface area contributed by atoms with E-state index >= 15 is 0 Å². The molecule has 0 spiro atoms. The molecule has 5 nitrogen and oxygen atoms in total. The number of hydrogen-bond donors (Lipinski definition) is 1. The number of aryl methyl sites for hydroxylation is 1. The number of hydrogen-bond acceptors (Lipinski definition) is 4. The van der Waals surface area contributed by atoms with E-state index in [4.69, 9.17) is 4.74 Å². The molecule has 1 saturated heterocycles. The Hall–Kier alpha value is -1.88. The van der Waals surface area contributed by atoms with Crippen LogP contribution in [0, 0.1) is 12.3 Å². The Morgan fingerprint density at radius 1 is 1.17 bits per heavy atom. The molecule has 2 fully saturated rings. The Morgan fingerprint density at radius 2 is 1.79 bits per heavy atom. The van der Waals surface area contributed by atoms with E-state index in [2.05, 4.69) is 0 Å². The van der Waals surface area contributed by atoms with Gasteiger partial charge >= 0.3 is 5.97 Å². The summed E-state index contributed by atoms with van der Waals surface area (Å²) in [5.41, 5.74) is 0.144. The number of nitrogens with zero attached hydrogens (tertiary/aromatic N) is 1. The first-order chi connectivity index (χ1) is 11.4. The lowest BCUT2D eigenvalue weighted by Crippen LogP contribution is -2.49. The zero-order chi connectivity index (χ0) is 17.4. The fraction of sp³-hybridized carbons (Fsp3) is 0.579. The van der Waals surface area contributed by atoms with E-state index in [-0.39, 0.29) is 5.91 Å². The Kier molecular flexibility index (Phi) is 4.38. The van der Waals surface area contributed by atoms with Gasteiger partial charge in [-0.15, -0.1) is 0 Å². The number of carbonyl (C=O) groups is 2. The summed E-state index contributed by atoms with van der Waals surface area (Å²) in [5.74, 6) is -0.525. The average Bonchev–Trinajstić information content (AvgIpc) is 3.37. The normalized spacial score (nSPS) is 21.2. The fourth-order valence-corrected chi connectivity index (χ4v) is 3.65. The highest BCUT2D eigenvalue weighted by Gasteiger charge is 2.59. The molecule has 1 aliphatic carbocycles. The molecule has 24 heavy (non-hydrogen) atoms. The molecule has 0 aromatic heterocycles. The van der Waals surface area contributed by atoms with Crippen molar-refractivity contribution in [2.75, 3.05) is 19.7 Å². The highest BCUT2D eigenvalue weighted by atomic mass is 16.5. The molecule has 1 aliphatic heterocycles. The first-order valence-corrected chi connectivity index (χ1v) is 8.68. The van der Waals surface area contributed by atoms with Gasteiger partial charge in [0, 0.05) is 13.1 Å². The summed E-state index contributed by atoms with van der Waals surface area (Å²) in [7, 11) is 0. The molecule has 0 atom stereocenters. The van der Waals surface area contributed by atoms with Crippen molar-refractivity contribution >= 4 is 11.9 Å². The number of carbonyl (C=O) groups excluding carboxylic acids is 2. The molecule has 1 amide bonds. The molecule has 1 saturated carbocycles. The summed E-state index contributed by atoms with van der Waals surface area (Å²) < 4.78 is 5.07. The van der Waals surface area contributed by atoms with Crippen LogP contribution < -0.4 is 0 Å². The molecule has 0 bridgehead atoms. The third-order valence-corrected chi connectivity index (χ3v) is 5.35. The molecule has 1 aromatic rings. The van der Waals surface area contributed by atoms with E-state index in [0.29, 0.717) is 45.4 Å². The standard InChI is InChI=1S/C19H25NO4/c1-3-24-17(22)18(8-9-18)16(21)20-12-10-19(23,11-13-20)15-7-5-4-6-14(15)2/h4-7,23H,3,8-13H2,1-2H3. The molecule has 0 unspecified atom stereocenters. The largest absolute Gasteiger partial charge is 0.465 e. The van der Waals surface area contributed by atoms with Crippen LogP contribution in [0.4, 0.5) is 0 Å². The first kappa shape index (κ1) is 17.0. The molecule has 0 radical (unpaired) electrons. The van der Waals surface area contributed by atoms with E-state index in [0.717, 1.165) is 11.1 Å². The summed E-state index contributed by atoms with van der Waals surface area (Å²) in [6, 6.07) is 7.83. The van der Waals surface area contributed by atoms with Gasteiger partial charge < -0.3 is 14.7 Å². The minimum absolute atomic E-state index is 0.132. The van der Waals surface area contributed by atoms with Gasteiger partial charge in [-0.1, -0.05) is 24.3 Å². The third-order valence-electron chi connectivity index (χ3n) is 5.35. The highest BCUT2D eigenvalue weighted by Crippen LogP contribution is 2.49. The molecule has 5 heteroatoms.